The summed E-state index contributed by atoms with van der Waals surface area (Å²) in [4.78, 5) is 8.21. The Balaban J connectivity index is 0.000000145. The molecule has 2 saturated heterocycles. The van der Waals surface area contributed by atoms with Gasteiger partial charge in [-0.15, -0.1) is 0 Å². The summed E-state index contributed by atoms with van der Waals surface area (Å²) < 4.78 is 48.3. The van der Waals surface area contributed by atoms with E-state index in [0.717, 1.165) is 57.5 Å². The first-order valence-electron chi connectivity index (χ1n) is 12.3. The Bertz CT molecular complexity index is 1120. The van der Waals surface area contributed by atoms with E-state index >= 15 is 0 Å². The molecule has 1 unspecified atom stereocenters. The van der Waals surface area contributed by atoms with E-state index in [2.05, 4.69) is 41.1 Å². The summed E-state index contributed by atoms with van der Waals surface area (Å²) in [7, 11) is 0. The molecule has 3 aliphatic rings. The minimum atomic E-state index is -0.651. The van der Waals surface area contributed by atoms with Gasteiger partial charge in [0, 0.05) is 72.9 Å². The number of nitrogens with one attached hydrogen (secondary N) is 1. The summed E-state index contributed by atoms with van der Waals surface area (Å²) in [6, 6.07) is 13.0. The number of aromatic nitrogens is 1. The Morgan fingerprint density at radius 1 is 1.09 bits per heavy atom. The van der Waals surface area contributed by atoms with Gasteiger partial charge in [0.05, 0.1) is 25.9 Å². The third-order valence-electron chi connectivity index (χ3n) is 7.16. The van der Waals surface area contributed by atoms with Crippen LogP contribution < -0.4 is 4.74 Å². The van der Waals surface area contributed by atoms with Crippen molar-refractivity contribution in [3.63, 3.8) is 0 Å². The van der Waals surface area contributed by atoms with Gasteiger partial charge in [-0.25, -0.2) is 8.78 Å². The number of ether oxygens (including phenoxy) is 2. The van der Waals surface area contributed by atoms with Gasteiger partial charge < -0.3 is 14.5 Å². The lowest BCUT2D eigenvalue weighted by molar-refractivity contribution is -0.0835. The number of alkyl halides is 1. The van der Waals surface area contributed by atoms with Gasteiger partial charge in [0.2, 0.25) is 0 Å². The number of H-pyrrole nitrogens is 1. The predicted molar refractivity (Wildman–Crippen MR) is 129 cm³/mol. The average molecular weight is 488 g/mol. The number of rotatable bonds is 6. The van der Waals surface area contributed by atoms with Crippen molar-refractivity contribution in [1.29, 1.82) is 0 Å². The molecule has 1 atom stereocenters. The van der Waals surface area contributed by atoms with Gasteiger partial charge >= 0.3 is 0 Å². The molecule has 5 nitrogen and oxygen atoms in total. The molecule has 1 N–H and O–H groups in total. The molecule has 2 aromatic carbocycles. The molecule has 0 amide bonds. The number of aromatic amines is 1. The van der Waals surface area contributed by atoms with E-state index < -0.39 is 11.6 Å². The number of fused-ring (bicyclic) bond motifs is 3. The third kappa shape index (κ3) is 5.50. The standard InChI is InChI=1S/C15H18N2O.C12H14F3NO/c1-10-6-13-12-4-2-3-5-14(12)16-15(13)7-17(10)11-8-18-9-11;13-6-9-7-16(8-9)1-2-17-12-4-10(14)3-11(15)5-12/h2-5,10-11,16H,6-9H2,1H3;3-5,9H,1-2,6-8H2. The summed E-state index contributed by atoms with van der Waals surface area (Å²) in [5.41, 5.74) is 4.21. The van der Waals surface area contributed by atoms with E-state index in [9.17, 15) is 13.2 Å². The number of para-hydroxylation sites is 1. The first-order chi connectivity index (χ1) is 17.0. The zero-order valence-electron chi connectivity index (χ0n) is 20.0. The Morgan fingerprint density at radius 2 is 1.83 bits per heavy atom. The van der Waals surface area contributed by atoms with Crippen molar-refractivity contribution >= 4 is 10.9 Å². The maximum Gasteiger partial charge on any atom is 0.129 e. The topological polar surface area (TPSA) is 40.7 Å². The molecule has 0 radical (unpaired) electrons. The van der Waals surface area contributed by atoms with E-state index in [1.54, 1.807) is 0 Å². The second-order valence-corrected chi connectivity index (χ2v) is 9.78. The van der Waals surface area contributed by atoms with Crippen LogP contribution in [0.25, 0.3) is 10.9 Å². The smallest absolute Gasteiger partial charge is 0.129 e. The van der Waals surface area contributed by atoms with Crippen LogP contribution in [0.1, 0.15) is 18.2 Å². The van der Waals surface area contributed by atoms with Crippen LogP contribution in [0.4, 0.5) is 13.2 Å². The molecule has 8 heteroatoms. The van der Waals surface area contributed by atoms with Gasteiger partial charge in [0.1, 0.15) is 24.0 Å². The number of halogens is 3. The van der Waals surface area contributed by atoms with Crippen molar-refractivity contribution in [2.75, 3.05) is 46.1 Å². The highest BCUT2D eigenvalue weighted by atomic mass is 19.1. The number of nitrogens with zero attached hydrogens (tertiary/aromatic N) is 2. The fourth-order valence-electron chi connectivity index (χ4n) is 5.14. The van der Waals surface area contributed by atoms with Crippen molar-refractivity contribution in [3.05, 3.63) is 65.4 Å². The van der Waals surface area contributed by atoms with Crippen molar-refractivity contribution in [2.45, 2.75) is 32.0 Å². The maximum atomic E-state index is 12.8. The zero-order chi connectivity index (χ0) is 24.4. The Morgan fingerprint density at radius 3 is 2.51 bits per heavy atom. The molecule has 1 aromatic heterocycles. The molecule has 0 aliphatic carbocycles. The van der Waals surface area contributed by atoms with Crippen molar-refractivity contribution in [3.8, 4) is 5.75 Å². The largest absolute Gasteiger partial charge is 0.492 e. The van der Waals surface area contributed by atoms with Gasteiger partial charge in [-0.3, -0.25) is 14.2 Å². The van der Waals surface area contributed by atoms with E-state index in [1.807, 2.05) is 4.90 Å². The minimum Gasteiger partial charge on any atom is -0.492 e. The fraction of sp³-hybridized carbons (Fsp3) is 0.481. The molecular weight excluding hydrogens is 455 g/mol. The van der Waals surface area contributed by atoms with E-state index in [-0.39, 0.29) is 18.3 Å². The molecule has 2 fully saturated rings. The normalized spacial score (nSPS) is 21.1. The summed E-state index contributed by atoms with van der Waals surface area (Å²) >= 11 is 0. The summed E-state index contributed by atoms with van der Waals surface area (Å²) in [6.07, 6.45) is 1.15. The first kappa shape index (κ1) is 24.2. The van der Waals surface area contributed by atoms with Crippen LogP contribution >= 0.6 is 0 Å². The second kappa shape index (κ2) is 10.6. The second-order valence-electron chi connectivity index (χ2n) is 9.78. The number of hydrogen-bond donors (Lipinski definition) is 1. The average Bonchev–Trinajstić information content (AvgIpc) is 3.11. The van der Waals surface area contributed by atoms with E-state index in [4.69, 9.17) is 9.47 Å². The molecule has 35 heavy (non-hydrogen) atoms. The number of benzene rings is 2. The maximum absolute atomic E-state index is 12.8. The Labute approximate surface area is 203 Å². The highest BCUT2D eigenvalue weighted by Crippen LogP contribution is 2.32. The monoisotopic (exact) mass is 487 g/mol. The SMILES string of the molecule is CC1Cc2c([nH]c3ccccc23)CN1C1COC1.FCC1CN(CCOc2cc(F)cc(F)c2)C1. The molecule has 0 bridgehead atoms. The minimum absolute atomic E-state index is 0.140. The Kier molecular flexibility index (Phi) is 7.32. The number of likely N-dealkylation sites (tertiary alicyclic amines) is 1. The highest BCUT2D eigenvalue weighted by Gasteiger charge is 2.34. The van der Waals surface area contributed by atoms with Crippen molar-refractivity contribution in [1.82, 2.24) is 14.8 Å². The molecule has 3 aromatic rings. The van der Waals surface area contributed by atoms with Crippen molar-refractivity contribution in [2.24, 2.45) is 5.92 Å². The van der Waals surface area contributed by atoms with Gasteiger partial charge in [0.15, 0.2) is 0 Å². The van der Waals surface area contributed by atoms with Gasteiger partial charge in [-0.05, 0) is 25.0 Å². The summed E-state index contributed by atoms with van der Waals surface area (Å²) in [5, 5.41) is 1.41. The molecule has 4 heterocycles. The molecule has 6 rings (SSSR count). The van der Waals surface area contributed by atoms with Crippen LogP contribution in [-0.4, -0.2) is 73.0 Å². The lowest BCUT2D eigenvalue weighted by Crippen LogP contribution is -2.54. The molecule has 188 valence electrons. The fourth-order valence-corrected chi connectivity index (χ4v) is 5.14. The van der Waals surface area contributed by atoms with Crippen LogP contribution in [0.5, 0.6) is 5.75 Å². The van der Waals surface area contributed by atoms with Crippen LogP contribution in [0.15, 0.2) is 42.5 Å². The molecule has 0 saturated carbocycles. The van der Waals surface area contributed by atoms with Crippen LogP contribution in [0, 0.1) is 17.6 Å². The molecular formula is C27H32F3N3O2. The molecule has 0 spiro atoms. The number of hydrogen-bond acceptors (Lipinski definition) is 4. The van der Waals surface area contributed by atoms with Crippen LogP contribution in [-0.2, 0) is 17.7 Å². The van der Waals surface area contributed by atoms with Crippen molar-refractivity contribution < 1.29 is 22.6 Å². The van der Waals surface area contributed by atoms with Crippen LogP contribution in [0.3, 0.4) is 0 Å². The quantitative estimate of drug-likeness (QED) is 0.554. The summed E-state index contributed by atoms with van der Waals surface area (Å²) in [6.45, 7) is 7.36. The lowest BCUT2D eigenvalue weighted by Gasteiger charge is -2.43. The van der Waals surface area contributed by atoms with Gasteiger partial charge in [-0.1, -0.05) is 18.2 Å². The van der Waals surface area contributed by atoms with E-state index in [1.165, 1.54) is 22.2 Å². The third-order valence-corrected chi connectivity index (χ3v) is 7.16. The van der Waals surface area contributed by atoms with E-state index in [0.29, 0.717) is 25.2 Å². The van der Waals surface area contributed by atoms with Gasteiger partial charge in [0.25, 0.3) is 0 Å². The highest BCUT2D eigenvalue weighted by molar-refractivity contribution is 5.84. The Hall–Kier alpha value is -2.55. The zero-order valence-corrected chi connectivity index (χ0v) is 20.0. The van der Waals surface area contributed by atoms with Gasteiger partial charge in [-0.2, -0.15) is 0 Å². The molecule has 3 aliphatic heterocycles. The predicted octanol–water partition coefficient (Wildman–Crippen LogP) is 4.56. The lowest BCUT2D eigenvalue weighted by atomic mass is 9.96. The summed E-state index contributed by atoms with van der Waals surface area (Å²) in [5.74, 6) is -0.977. The van der Waals surface area contributed by atoms with Crippen LogP contribution in [0.2, 0.25) is 0 Å². The first-order valence-corrected chi connectivity index (χ1v) is 12.3.